The molecule has 0 radical (unpaired) electrons. The van der Waals surface area contributed by atoms with Crippen LogP contribution >= 0.6 is 0 Å². The van der Waals surface area contributed by atoms with E-state index in [1.807, 2.05) is 18.2 Å². The highest BCUT2D eigenvalue weighted by atomic mass is 16.6. The van der Waals surface area contributed by atoms with Crippen molar-refractivity contribution in [2.24, 2.45) is 0 Å². The number of carbonyl (C=O) groups is 1. The zero-order valence-corrected chi connectivity index (χ0v) is 14.2. The number of unbranched alkanes of at least 4 members (excludes halogenated alkanes) is 1. The minimum Gasteiger partial charge on any atom is -0.456 e. The molecular formula is C19H30O3. The van der Waals surface area contributed by atoms with Gasteiger partial charge in [0.25, 0.3) is 0 Å². The quantitative estimate of drug-likeness (QED) is 0.426. The smallest absolute Gasteiger partial charge is 0.338 e. The minimum atomic E-state index is -0.251. The molecule has 2 atom stereocenters. The molecule has 0 amide bonds. The number of hydrogen-bond acceptors (Lipinski definition) is 3. The van der Waals surface area contributed by atoms with E-state index in [-0.39, 0.29) is 18.2 Å². The van der Waals surface area contributed by atoms with Gasteiger partial charge in [0.05, 0.1) is 11.7 Å². The largest absolute Gasteiger partial charge is 0.456 e. The van der Waals surface area contributed by atoms with Crippen LogP contribution in [0.3, 0.4) is 0 Å². The lowest BCUT2D eigenvalue weighted by Crippen LogP contribution is -2.34. The van der Waals surface area contributed by atoms with Crippen molar-refractivity contribution in [2.45, 2.75) is 71.5 Å². The Balaban J connectivity index is 2.69. The summed E-state index contributed by atoms with van der Waals surface area (Å²) in [4.78, 5) is 12.3. The summed E-state index contributed by atoms with van der Waals surface area (Å²) in [6.07, 6.45) is 5.78. The molecule has 0 N–H and O–H groups in total. The maximum Gasteiger partial charge on any atom is 0.338 e. The summed E-state index contributed by atoms with van der Waals surface area (Å²) in [5, 5.41) is 0. The molecule has 22 heavy (non-hydrogen) atoms. The fourth-order valence-electron chi connectivity index (χ4n) is 2.43. The first-order valence-electron chi connectivity index (χ1n) is 8.60. The lowest BCUT2D eigenvalue weighted by atomic mass is 10.0. The molecule has 0 heterocycles. The highest BCUT2D eigenvalue weighted by Crippen LogP contribution is 2.18. The van der Waals surface area contributed by atoms with Crippen LogP contribution in [0.5, 0.6) is 0 Å². The standard InChI is InChI=1S/C19H30O3/c1-4-7-15-21-17(11-5-2)18(12-6-3)22-19(20)16-13-9-8-10-14-16/h8-10,13-14,17-18H,4-7,11-12,15H2,1-3H3. The van der Waals surface area contributed by atoms with Gasteiger partial charge < -0.3 is 9.47 Å². The van der Waals surface area contributed by atoms with E-state index in [0.29, 0.717) is 5.56 Å². The Morgan fingerprint density at radius 1 is 0.955 bits per heavy atom. The Hall–Kier alpha value is -1.35. The average molecular weight is 306 g/mol. The van der Waals surface area contributed by atoms with Crippen molar-refractivity contribution in [1.82, 2.24) is 0 Å². The summed E-state index contributed by atoms with van der Waals surface area (Å²) in [5.74, 6) is -0.251. The molecule has 3 heteroatoms. The van der Waals surface area contributed by atoms with Crippen LogP contribution in [0.4, 0.5) is 0 Å². The van der Waals surface area contributed by atoms with Crippen molar-refractivity contribution >= 4 is 5.97 Å². The van der Waals surface area contributed by atoms with E-state index in [1.54, 1.807) is 12.1 Å². The fourth-order valence-corrected chi connectivity index (χ4v) is 2.43. The highest BCUT2D eigenvalue weighted by Gasteiger charge is 2.25. The van der Waals surface area contributed by atoms with Gasteiger partial charge in [-0.2, -0.15) is 0 Å². The van der Waals surface area contributed by atoms with E-state index >= 15 is 0 Å². The van der Waals surface area contributed by atoms with Gasteiger partial charge in [-0.05, 0) is 31.4 Å². The van der Waals surface area contributed by atoms with Crippen molar-refractivity contribution in [1.29, 1.82) is 0 Å². The summed E-state index contributed by atoms with van der Waals surface area (Å²) < 4.78 is 11.8. The summed E-state index contributed by atoms with van der Waals surface area (Å²) in [7, 11) is 0. The Labute approximate surface area is 135 Å². The normalized spacial score (nSPS) is 13.6. The molecule has 0 saturated carbocycles. The summed E-state index contributed by atoms with van der Waals surface area (Å²) in [5.41, 5.74) is 0.604. The second-order valence-corrected chi connectivity index (χ2v) is 5.65. The van der Waals surface area contributed by atoms with Crippen LogP contribution in [0.2, 0.25) is 0 Å². The predicted molar refractivity (Wildman–Crippen MR) is 90.1 cm³/mol. The Kier molecular flexibility index (Phi) is 9.56. The van der Waals surface area contributed by atoms with Crippen LogP contribution in [-0.2, 0) is 9.47 Å². The van der Waals surface area contributed by atoms with Gasteiger partial charge in [-0.15, -0.1) is 0 Å². The average Bonchev–Trinajstić information content (AvgIpc) is 2.54. The molecule has 1 aromatic rings. The first kappa shape index (κ1) is 18.7. The second-order valence-electron chi connectivity index (χ2n) is 5.65. The van der Waals surface area contributed by atoms with Crippen molar-refractivity contribution in [3.05, 3.63) is 35.9 Å². The van der Waals surface area contributed by atoms with Crippen molar-refractivity contribution < 1.29 is 14.3 Å². The third kappa shape index (κ3) is 6.61. The number of benzene rings is 1. The molecule has 0 fully saturated rings. The van der Waals surface area contributed by atoms with Crippen LogP contribution in [-0.4, -0.2) is 24.8 Å². The van der Waals surface area contributed by atoms with Gasteiger partial charge >= 0.3 is 5.97 Å². The molecule has 2 unspecified atom stereocenters. The van der Waals surface area contributed by atoms with E-state index in [2.05, 4.69) is 20.8 Å². The maximum atomic E-state index is 12.3. The Morgan fingerprint density at radius 3 is 2.18 bits per heavy atom. The van der Waals surface area contributed by atoms with Gasteiger partial charge in [0.15, 0.2) is 0 Å². The van der Waals surface area contributed by atoms with Crippen molar-refractivity contribution in [3.8, 4) is 0 Å². The van der Waals surface area contributed by atoms with Gasteiger partial charge in [0.1, 0.15) is 6.10 Å². The van der Waals surface area contributed by atoms with Crippen LogP contribution in [0.25, 0.3) is 0 Å². The van der Waals surface area contributed by atoms with Gasteiger partial charge in [0.2, 0.25) is 0 Å². The molecule has 3 nitrogen and oxygen atoms in total. The molecule has 0 aliphatic rings. The van der Waals surface area contributed by atoms with Crippen LogP contribution in [0, 0.1) is 0 Å². The highest BCUT2D eigenvalue weighted by molar-refractivity contribution is 5.89. The fraction of sp³-hybridized carbons (Fsp3) is 0.632. The lowest BCUT2D eigenvalue weighted by molar-refractivity contribution is -0.0599. The second kappa shape index (κ2) is 11.2. The number of carbonyl (C=O) groups excluding carboxylic acids is 1. The van der Waals surface area contributed by atoms with Gasteiger partial charge in [0, 0.05) is 6.61 Å². The van der Waals surface area contributed by atoms with Gasteiger partial charge in [-0.1, -0.05) is 58.2 Å². The van der Waals surface area contributed by atoms with E-state index in [4.69, 9.17) is 9.47 Å². The van der Waals surface area contributed by atoms with Gasteiger partial charge in [-0.3, -0.25) is 0 Å². The zero-order valence-electron chi connectivity index (χ0n) is 14.2. The van der Waals surface area contributed by atoms with Crippen LogP contribution in [0.1, 0.15) is 69.7 Å². The van der Waals surface area contributed by atoms with E-state index in [9.17, 15) is 4.79 Å². The van der Waals surface area contributed by atoms with Gasteiger partial charge in [-0.25, -0.2) is 4.79 Å². The van der Waals surface area contributed by atoms with Crippen molar-refractivity contribution in [3.63, 3.8) is 0 Å². The van der Waals surface area contributed by atoms with E-state index < -0.39 is 0 Å². The number of hydrogen-bond donors (Lipinski definition) is 0. The molecule has 0 saturated heterocycles. The number of ether oxygens (including phenoxy) is 2. The molecule has 0 aliphatic carbocycles. The minimum absolute atomic E-state index is 0.00385. The monoisotopic (exact) mass is 306 g/mol. The first-order chi connectivity index (χ1) is 10.7. The molecule has 124 valence electrons. The molecule has 0 bridgehead atoms. The molecule has 0 spiro atoms. The molecule has 1 aromatic carbocycles. The number of esters is 1. The predicted octanol–water partition coefficient (Wildman–Crippen LogP) is 5.00. The maximum absolute atomic E-state index is 12.3. The Morgan fingerprint density at radius 2 is 1.59 bits per heavy atom. The molecule has 0 aliphatic heterocycles. The summed E-state index contributed by atoms with van der Waals surface area (Å²) in [6.45, 7) is 7.14. The third-order valence-electron chi connectivity index (χ3n) is 3.66. The molecule has 0 aromatic heterocycles. The Bertz CT molecular complexity index is 402. The SMILES string of the molecule is CCCCOC(CCC)C(CCC)OC(=O)c1ccccc1. The lowest BCUT2D eigenvalue weighted by Gasteiger charge is -2.27. The van der Waals surface area contributed by atoms with E-state index in [0.717, 1.165) is 45.1 Å². The first-order valence-corrected chi connectivity index (χ1v) is 8.60. The molecule has 1 rings (SSSR count). The molecular weight excluding hydrogens is 276 g/mol. The summed E-state index contributed by atoms with van der Waals surface area (Å²) >= 11 is 0. The zero-order chi connectivity index (χ0) is 16.2. The number of rotatable bonds is 11. The third-order valence-corrected chi connectivity index (χ3v) is 3.66. The topological polar surface area (TPSA) is 35.5 Å². The summed E-state index contributed by atoms with van der Waals surface area (Å²) in [6, 6.07) is 9.18. The van der Waals surface area contributed by atoms with Crippen LogP contribution in [0.15, 0.2) is 30.3 Å². The van der Waals surface area contributed by atoms with Crippen LogP contribution < -0.4 is 0 Å². The van der Waals surface area contributed by atoms with E-state index in [1.165, 1.54) is 0 Å². The van der Waals surface area contributed by atoms with Crippen molar-refractivity contribution in [2.75, 3.05) is 6.61 Å².